The molecule has 4 N–H and O–H groups in total. The summed E-state index contributed by atoms with van der Waals surface area (Å²) in [7, 11) is 3.08. The number of carbonyl (C=O) groups excluding carboxylic acids is 2. The van der Waals surface area contributed by atoms with Gasteiger partial charge in [0.25, 0.3) is 0 Å². The van der Waals surface area contributed by atoms with Gasteiger partial charge < -0.3 is 30.7 Å². The van der Waals surface area contributed by atoms with Crippen LogP contribution in [-0.2, 0) is 0 Å². The number of para-hydroxylation sites is 2. The average Bonchev–Trinajstić information content (AvgIpc) is 2.90. The molecular formula is C28H26N4O4. The minimum Gasteiger partial charge on any atom is -0.495 e. The van der Waals surface area contributed by atoms with E-state index in [0.717, 1.165) is 11.1 Å². The molecule has 36 heavy (non-hydrogen) atoms. The second-order valence-corrected chi connectivity index (χ2v) is 7.72. The number of benzene rings is 4. The molecule has 0 radical (unpaired) electrons. The Bertz CT molecular complexity index is 1240. The van der Waals surface area contributed by atoms with Gasteiger partial charge in [0.2, 0.25) is 0 Å². The molecule has 8 nitrogen and oxygen atoms in total. The van der Waals surface area contributed by atoms with Crippen molar-refractivity contribution in [2.75, 3.05) is 35.5 Å². The molecule has 0 bridgehead atoms. The summed E-state index contributed by atoms with van der Waals surface area (Å²) in [6, 6.07) is 28.5. The number of nitrogens with one attached hydrogen (secondary N) is 4. The highest BCUT2D eigenvalue weighted by atomic mass is 16.5. The molecule has 182 valence electrons. The molecule has 0 heterocycles. The van der Waals surface area contributed by atoms with Gasteiger partial charge in [-0.05, 0) is 59.7 Å². The number of amides is 4. The van der Waals surface area contributed by atoms with E-state index in [2.05, 4.69) is 21.3 Å². The lowest BCUT2D eigenvalue weighted by Crippen LogP contribution is -2.19. The van der Waals surface area contributed by atoms with Gasteiger partial charge in [-0.1, -0.05) is 48.5 Å². The Hall–Kier alpha value is -4.98. The van der Waals surface area contributed by atoms with Gasteiger partial charge in [0.15, 0.2) is 0 Å². The standard InChI is InChI=1S/C28H26N4O4/c1-35-25-17-19(13-15-23(25)31-27(33)29-21-9-5-3-6-10-21)20-14-16-24(26(18-20)36-2)32-28(34)30-22-11-7-4-8-12-22/h3-18H,1-2H3,(H2,29,31,33)(H2,30,32,34). The Morgan fingerprint density at radius 2 is 0.917 bits per heavy atom. The fourth-order valence-electron chi connectivity index (χ4n) is 3.56. The van der Waals surface area contributed by atoms with Crippen LogP contribution in [-0.4, -0.2) is 26.3 Å². The Morgan fingerprint density at radius 3 is 1.28 bits per heavy atom. The van der Waals surface area contributed by atoms with Gasteiger partial charge in [0.05, 0.1) is 25.6 Å². The smallest absolute Gasteiger partial charge is 0.323 e. The molecule has 4 rings (SSSR count). The van der Waals surface area contributed by atoms with E-state index in [1.807, 2.05) is 60.7 Å². The summed E-state index contributed by atoms with van der Waals surface area (Å²) >= 11 is 0. The first-order valence-corrected chi connectivity index (χ1v) is 11.2. The molecule has 0 saturated heterocycles. The maximum absolute atomic E-state index is 12.4. The van der Waals surface area contributed by atoms with Gasteiger partial charge in [-0.25, -0.2) is 9.59 Å². The summed E-state index contributed by atoms with van der Waals surface area (Å²) in [5, 5.41) is 11.2. The largest absolute Gasteiger partial charge is 0.495 e. The molecule has 0 fully saturated rings. The van der Waals surface area contributed by atoms with Gasteiger partial charge in [0.1, 0.15) is 11.5 Å². The van der Waals surface area contributed by atoms with Crippen LogP contribution in [0.2, 0.25) is 0 Å². The van der Waals surface area contributed by atoms with E-state index in [1.54, 1.807) is 50.6 Å². The summed E-state index contributed by atoms with van der Waals surface area (Å²) in [5.41, 5.74) is 4.11. The zero-order valence-corrected chi connectivity index (χ0v) is 19.9. The minimum atomic E-state index is -0.377. The van der Waals surface area contributed by atoms with Crippen LogP contribution >= 0.6 is 0 Å². The Balaban J connectivity index is 1.48. The van der Waals surface area contributed by atoms with Gasteiger partial charge in [-0.15, -0.1) is 0 Å². The van der Waals surface area contributed by atoms with Crippen molar-refractivity contribution in [3.63, 3.8) is 0 Å². The van der Waals surface area contributed by atoms with Crippen molar-refractivity contribution in [3.8, 4) is 22.6 Å². The molecular weight excluding hydrogens is 456 g/mol. The molecule has 8 heteroatoms. The molecule has 0 aliphatic rings. The number of anilines is 4. The van der Waals surface area contributed by atoms with Gasteiger partial charge in [-0.2, -0.15) is 0 Å². The SMILES string of the molecule is COc1cc(-c2ccc(NC(=O)Nc3ccccc3)c(OC)c2)ccc1NC(=O)Nc1ccccc1. The molecule has 4 aromatic rings. The summed E-state index contributed by atoms with van der Waals surface area (Å²) in [5.74, 6) is 0.998. The third-order valence-electron chi connectivity index (χ3n) is 5.30. The molecule has 4 aromatic carbocycles. The van der Waals surface area contributed by atoms with Crippen molar-refractivity contribution in [3.05, 3.63) is 97.1 Å². The van der Waals surface area contributed by atoms with E-state index in [9.17, 15) is 9.59 Å². The van der Waals surface area contributed by atoms with Crippen LogP contribution in [0, 0.1) is 0 Å². The van der Waals surface area contributed by atoms with Gasteiger partial charge in [-0.3, -0.25) is 0 Å². The van der Waals surface area contributed by atoms with Gasteiger partial charge >= 0.3 is 12.1 Å². The topological polar surface area (TPSA) is 101 Å². The molecule has 0 saturated carbocycles. The molecule has 0 aliphatic heterocycles. The van der Waals surface area contributed by atoms with E-state index in [-0.39, 0.29) is 12.1 Å². The van der Waals surface area contributed by atoms with Crippen LogP contribution in [0.3, 0.4) is 0 Å². The normalized spacial score (nSPS) is 10.2. The maximum atomic E-state index is 12.4. The third-order valence-corrected chi connectivity index (χ3v) is 5.30. The fraction of sp³-hybridized carbons (Fsp3) is 0.0714. The number of methoxy groups -OCH3 is 2. The lowest BCUT2D eigenvalue weighted by molar-refractivity contribution is 0.261. The van der Waals surface area contributed by atoms with Crippen molar-refractivity contribution in [1.29, 1.82) is 0 Å². The lowest BCUT2D eigenvalue weighted by Gasteiger charge is -2.15. The summed E-state index contributed by atoms with van der Waals surface area (Å²) in [4.78, 5) is 24.8. The molecule has 0 spiro atoms. The van der Waals surface area contributed by atoms with E-state index in [0.29, 0.717) is 34.2 Å². The summed E-state index contributed by atoms with van der Waals surface area (Å²) in [6.07, 6.45) is 0. The minimum absolute atomic E-state index is 0.377. The Kier molecular flexibility index (Phi) is 7.67. The molecule has 0 unspecified atom stereocenters. The Morgan fingerprint density at radius 1 is 0.528 bits per heavy atom. The number of hydrogen-bond acceptors (Lipinski definition) is 4. The van der Waals surface area contributed by atoms with Crippen LogP contribution in [0.5, 0.6) is 11.5 Å². The van der Waals surface area contributed by atoms with Crippen molar-refractivity contribution in [2.45, 2.75) is 0 Å². The number of carbonyl (C=O) groups is 2. The number of ether oxygens (including phenoxy) is 2. The molecule has 0 aliphatic carbocycles. The second kappa shape index (κ2) is 11.4. The zero-order valence-electron chi connectivity index (χ0n) is 19.9. The van der Waals surface area contributed by atoms with Gasteiger partial charge in [0, 0.05) is 11.4 Å². The predicted molar refractivity (Wildman–Crippen MR) is 143 cm³/mol. The summed E-state index contributed by atoms with van der Waals surface area (Å²) in [6.45, 7) is 0. The van der Waals surface area contributed by atoms with Crippen molar-refractivity contribution < 1.29 is 19.1 Å². The van der Waals surface area contributed by atoms with Crippen molar-refractivity contribution in [1.82, 2.24) is 0 Å². The molecule has 4 amide bonds. The molecule has 0 atom stereocenters. The first kappa shape index (κ1) is 24.2. The average molecular weight is 483 g/mol. The molecule has 0 aromatic heterocycles. The predicted octanol–water partition coefficient (Wildman–Crippen LogP) is 6.66. The van der Waals surface area contributed by atoms with E-state index < -0.39 is 0 Å². The summed E-state index contributed by atoms with van der Waals surface area (Å²) < 4.78 is 11.0. The van der Waals surface area contributed by atoms with E-state index in [4.69, 9.17) is 9.47 Å². The van der Waals surface area contributed by atoms with E-state index in [1.165, 1.54) is 0 Å². The maximum Gasteiger partial charge on any atom is 0.323 e. The monoisotopic (exact) mass is 482 g/mol. The number of urea groups is 2. The first-order valence-electron chi connectivity index (χ1n) is 11.2. The van der Waals surface area contributed by atoms with Crippen LogP contribution in [0.1, 0.15) is 0 Å². The number of rotatable bonds is 7. The van der Waals surface area contributed by atoms with E-state index >= 15 is 0 Å². The third kappa shape index (κ3) is 6.12. The van der Waals surface area contributed by atoms with Crippen LogP contribution in [0.15, 0.2) is 97.1 Å². The quantitative estimate of drug-likeness (QED) is 0.237. The van der Waals surface area contributed by atoms with Crippen molar-refractivity contribution >= 4 is 34.8 Å². The lowest BCUT2D eigenvalue weighted by atomic mass is 10.0. The second-order valence-electron chi connectivity index (χ2n) is 7.72. The van der Waals surface area contributed by atoms with Crippen LogP contribution < -0.4 is 30.7 Å². The number of hydrogen-bond donors (Lipinski definition) is 4. The Labute approximate surface area is 209 Å². The first-order chi connectivity index (χ1) is 17.6. The van der Waals surface area contributed by atoms with Crippen LogP contribution in [0.25, 0.3) is 11.1 Å². The zero-order chi connectivity index (χ0) is 25.3. The fourth-order valence-corrected chi connectivity index (χ4v) is 3.56. The highest BCUT2D eigenvalue weighted by Crippen LogP contribution is 2.35. The highest BCUT2D eigenvalue weighted by Gasteiger charge is 2.13. The van der Waals surface area contributed by atoms with Crippen molar-refractivity contribution in [2.24, 2.45) is 0 Å². The van der Waals surface area contributed by atoms with Crippen LogP contribution in [0.4, 0.5) is 32.3 Å². The highest BCUT2D eigenvalue weighted by molar-refractivity contribution is 6.02.